The lowest BCUT2D eigenvalue weighted by molar-refractivity contribution is -0.934. The molecule has 0 atom stereocenters. The largest absolute Gasteiger partial charge is 0.291 e. The van der Waals surface area contributed by atoms with E-state index in [2.05, 4.69) is 10.2 Å². The molecule has 11 heteroatoms. The monoisotopic (exact) mass is 396 g/mol. The van der Waals surface area contributed by atoms with Crippen LogP contribution in [0.25, 0.3) is 21.8 Å². The third-order valence-electron chi connectivity index (χ3n) is 4.71. The van der Waals surface area contributed by atoms with E-state index in [1.165, 1.54) is 24.3 Å². The SMILES string of the molecule is C[N+](C)(Cn1ncc2ccc([N+](=O)[O-])cc21)Cn1ncc2ccc([N+](=O)[O-])cc21. The topological polar surface area (TPSA) is 122 Å². The van der Waals surface area contributed by atoms with Crippen LogP contribution in [0.3, 0.4) is 0 Å². The number of benzene rings is 2. The second-order valence-corrected chi connectivity index (χ2v) is 7.51. The molecule has 0 unspecified atom stereocenters. The van der Waals surface area contributed by atoms with Crippen molar-refractivity contribution in [3.05, 3.63) is 69.0 Å². The zero-order valence-corrected chi connectivity index (χ0v) is 15.8. The van der Waals surface area contributed by atoms with Gasteiger partial charge in [0.05, 0.1) is 47.4 Å². The van der Waals surface area contributed by atoms with Gasteiger partial charge in [-0.1, -0.05) is 0 Å². The van der Waals surface area contributed by atoms with E-state index in [1.54, 1.807) is 33.9 Å². The molecule has 0 saturated heterocycles. The summed E-state index contributed by atoms with van der Waals surface area (Å²) in [6, 6.07) is 9.28. The average molecular weight is 396 g/mol. The van der Waals surface area contributed by atoms with Crippen LogP contribution in [0, 0.1) is 20.2 Å². The zero-order chi connectivity index (χ0) is 20.8. The third kappa shape index (κ3) is 3.50. The van der Waals surface area contributed by atoms with Crippen molar-refractivity contribution in [2.45, 2.75) is 13.3 Å². The number of nitro groups is 2. The Morgan fingerprint density at radius 3 is 1.62 bits per heavy atom. The van der Waals surface area contributed by atoms with Crippen LogP contribution < -0.4 is 0 Å². The predicted octanol–water partition coefficient (Wildman–Crippen LogP) is 2.89. The van der Waals surface area contributed by atoms with Gasteiger partial charge in [-0.25, -0.2) is 9.36 Å². The van der Waals surface area contributed by atoms with Gasteiger partial charge in [-0.05, 0) is 12.1 Å². The number of rotatable bonds is 6. The lowest BCUT2D eigenvalue weighted by Gasteiger charge is -2.29. The van der Waals surface area contributed by atoms with Gasteiger partial charge in [-0.2, -0.15) is 10.2 Å². The quantitative estimate of drug-likeness (QED) is 0.281. The Hall–Kier alpha value is -3.86. The fourth-order valence-electron chi connectivity index (χ4n) is 3.34. The summed E-state index contributed by atoms with van der Waals surface area (Å²) >= 11 is 0. The molecule has 29 heavy (non-hydrogen) atoms. The van der Waals surface area contributed by atoms with Gasteiger partial charge in [0, 0.05) is 35.0 Å². The molecule has 4 rings (SSSR count). The van der Waals surface area contributed by atoms with Crippen molar-refractivity contribution in [3.8, 4) is 0 Å². The molecule has 0 saturated carbocycles. The Labute approximate surface area is 164 Å². The zero-order valence-electron chi connectivity index (χ0n) is 15.8. The van der Waals surface area contributed by atoms with E-state index in [-0.39, 0.29) is 11.4 Å². The van der Waals surface area contributed by atoms with Gasteiger partial charge in [0.2, 0.25) is 0 Å². The van der Waals surface area contributed by atoms with E-state index in [4.69, 9.17) is 0 Å². The number of hydrogen-bond donors (Lipinski definition) is 0. The molecule has 11 nitrogen and oxygen atoms in total. The van der Waals surface area contributed by atoms with Crippen LogP contribution in [-0.2, 0) is 13.3 Å². The molecule has 0 bridgehead atoms. The first kappa shape index (κ1) is 18.5. The van der Waals surface area contributed by atoms with Crippen LogP contribution in [-0.4, -0.2) is 48.0 Å². The second kappa shape index (κ2) is 6.63. The molecule has 0 spiro atoms. The van der Waals surface area contributed by atoms with Gasteiger partial charge in [-0.3, -0.25) is 24.7 Å². The fraction of sp³-hybridized carbons (Fsp3) is 0.222. The summed E-state index contributed by atoms with van der Waals surface area (Å²) in [7, 11) is 3.94. The number of nitro benzene ring substituents is 2. The van der Waals surface area contributed by atoms with Gasteiger partial charge in [0.25, 0.3) is 11.4 Å². The summed E-state index contributed by atoms with van der Waals surface area (Å²) in [5.74, 6) is 0. The molecule has 0 amide bonds. The van der Waals surface area contributed by atoms with Crippen LogP contribution in [0.1, 0.15) is 0 Å². The lowest BCUT2D eigenvalue weighted by Crippen LogP contribution is -2.42. The molecule has 0 aliphatic carbocycles. The molecule has 0 aliphatic heterocycles. The minimum absolute atomic E-state index is 0.00920. The Morgan fingerprint density at radius 1 is 0.828 bits per heavy atom. The Morgan fingerprint density at radius 2 is 1.24 bits per heavy atom. The Bertz CT molecular complexity index is 1160. The Kier molecular flexibility index (Phi) is 4.23. The standard InChI is InChI=1S/C18H18N7O4/c1-25(2,11-21-17-7-15(23(26)27)5-3-13(17)9-19-21)12-22-18-8-16(24(28)29)6-4-14(18)10-20-22/h3-10H,11-12H2,1-2H3/q+1. The van der Waals surface area contributed by atoms with E-state index in [1.807, 2.05) is 14.1 Å². The fourth-order valence-corrected chi connectivity index (χ4v) is 3.34. The highest BCUT2D eigenvalue weighted by Crippen LogP contribution is 2.23. The minimum atomic E-state index is -0.431. The van der Waals surface area contributed by atoms with E-state index in [0.29, 0.717) is 28.9 Å². The molecule has 2 heterocycles. The molecular formula is C18H18N7O4+. The van der Waals surface area contributed by atoms with Gasteiger partial charge < -0.3 is 0 Å². The normalized spacial score (nSPS) is 11.9. The molecule has 2 aromatic heterocycles. The summed E-state index contributed by atoms with van der Waals surface area (Å²) in [5.41, 5.74) is 1.36. The third-order valence-corrected chi connectivity index (χ3v) is 4.71. The first-order chi connectivity index (χ1) is 13.7. The molecule has 0 fully saturated rings. The van der Waals surface area contributed by atoms with E-state index >= 15 is 0 Å². The molecule has 2 aromatic carbocycles. The first-order valence-electron chi connectivity index (χ1n) is 8.75. The number of hydrogen-bond acceptors (Lipinski definition) is 6. The molecule has 0 aliphatic rings. The maximum Gasteiger partial charge on any atom is 0.271 e. The summed E-state index contributed by atoms with van der Waals surface area (Å²) in [6.45, 7) is 0.863. The lowest BCUT2D eigenvalue weighted by atomic mass is 10.2. The predicted molar refractivity (Wildman–Crippen MR) is 105 cm³/mol. The number of non-ortho nitro benzene ring substituents is 2. The smallest absolute Gasteiger partial charge is 0.271 e. The summed E-state index contributed by atoms with van der Waals surface area (Å²) in [6.07, 6.45) is 3.34. The van der Waals surface area contributed by atoms with Crippen molar-refractivity contribution in [3.63, 3.8) is 0 Å². The first-order valence-corrected chi connectivity index (χ1v) is 8.75. The van der Waals surface area contributed by atoms with Crippen molar-refractivity contribution in [1.82, 2.24) is 19.6 Å². The minimum Gasteiger partial charge on any atom is -0.291 e. The number of fused-ring (bicyclic) bond motifs is 2. The maximum atomic E-state index is 11.1. The molecule has 148 valence electrons. The van der Waals surface area contributed by atoms with Gasteiger partial charge >= 0.3 is 0 Å². The maximum absolute atomic E-state index is 11.1. The summed E-state index contributed by atoms with van der Waals surface area (Å²) in [5, 5.41) is 32.5. The number of quaternary nitrogens is 1. The summed E-state index contributed by atoms with van der Waals surface area (Å²) < 4.78 is 3.85. The molecule has 0 radical (unpaired) electrons. The van der Waals surface area contributed by atoms with Crippen molar-refractivity contribution >= 4 is 33.2 Å². The van der Waals surface area contributed by atoms with Crippen LogP contribution in [0.4, 0.5) is 11.4 Å². The van der Waals surface area contributed by atoms with E-state index in [0.717, 1.165) is 10.8 Å². The van der Waals surface area contributed by atoms with E-state index < -0.39 is 9.85 Å². The van der Waals surface area contributed by atoms with Gasteiger partial charge in [0.15, 0.2) is 13.3 Å². The number of nitrogens with zero attached hydrogens (tertiary/aromatic N) is 7. The van der Waals surface area contributed by atoms with Crippen molar-refractivity contribution in [2.24, 2.45) is 0 Å². The van der Waals surface area contributed by atoms with Crippen molar-refractivity contribution < 1.29 is 14.3 Å². The number of aromatic nitrogens is 4. The molecular weight excluding hydrogens is 378 g/mol. The van der Waals surface area contributed by atoms with Crippen molar-refractivity contribution in [2.75, 3.05) is 14.1 Å². The highest BCUT2D eigenvalue weighted by molar-refractivity contribution is 5.81. The average Bonchev–Trinajstić information content (AvgIpc) is 3.24. The Balaban J connectivity index is 1.64. The summed E-state index contributed by atoms with van der Waals surface area (Å²) in [4.78, 5) is 21.3. The molecule has 0 N–H and O–H groups in total. The van der Waals surface area contributed by atoms with Gasteiger partial charge in [-0.15, -0.1) is 0 Å². The van der Waals surface area contributed by atoms with Gasteiger partial charge in [0.1, 0.15) is 0 Å². The van der Waals surface area contributed by atoms with Crippen LogP contribution in [0.5, 0.6) is 0 Å². The second-order valence-electron chi connectivity index (χ2n) is 7.51. The van der Waals surface area contributed by atoms with Crippen LogP contribution in [0.2, 0.25) is 0 Å². The highest BCUT2D eigenvalue weighted by Gasteiger charge is 2.22. The van der Waals surface area contributed by atoms with Crippen LogP contribution in [0.15, 0.2) is 48.8 Å². The van der Waals surface area contributed by atoms with Crippen molar-refractivity contribution in [1.29, 1.82) is 0 Å². The molecule has 4 aromatic rings. The van der Waals surface area contributed by atoms with E-state index in [9.17, 15) is 20.2 Å². The van der Waals surface area contributed by atoms with Crippen LogP contribution >= 0.6 is 0 Å². The highest BCUT2D eigenvalue weighted by atomic mass is 16.6.